The molecule has 0 amide bonds. The van der Waals surface area contributed by atoms with Crippen molar-refractivity contribution < 1.29 is 14.3 Å². The summed E-state index contributed by atoms with van der Waals surface area (Å²) in [7, 11) is 0. The number of benzene rings is 1. The van der Waals surface area contributed by atoms with E-state index in [-0.39, 0.29) is 6.79 Å². The first kappa shape index (κ1) is 14.4. The molecule has 0 radical (unpaired) electrons. The molecule has 19 heavy (non-hydrogen) atoms. The van der Waals surface area contributed by atoms with Crippen LogP contribution in [0.4, 0.5) is 0 Å². The zero-order valence-corrected chi connectivity index (χ0v) is 13.1. The SMILES string of the molecule is C=C(I)C(C=O)(CCCC)c1ccc2c(c1)OCO2. The van der Waals surface area contributed by atoms with Crippen LogP contribution in [0.2, 0.25) is 0 Å². The van der Waals surface area contributed by atoms with Gasteiger partial charge in [-0.2, -0.15) is 0 Å². The summed E-state index contributed by atoms with van der Waals surface area (Å²) in [4.78, 5) is 11.7. The first-order valence-corrected chi connectivity index (χ1v) is 7.43. The highest BCUT2D eigenvalue weighted by Gasteiger charge is 2.34. The second-order valence-electron chi connectivity index (χ2n) is 4.67. The van der Waals surface area contributed by atoms with E-state index in [1.54, 1.807) is 0 Å². The van der Waals surface area contributed by atoms with Gasteiger partial charge in [-0.3, -0.25) is 0 Å². The van der Waals surface area contributed by atoms with E-state index in [0.717, 1.165) is 40.4 Å². The summed E-state index contributed by atoms with van der Waals surface area (Å²) in [5.41, 5.74) is 0.303. The molecule has 0 bridgehead atoms. The molecule has 1 heterocycles. The summed E-state index contributed by atoms with van der Waals surface area (Å²) < 4.78 is 11.5. The van der Waals surface area contributed by atoms with Gasteiger partial charge in [-0.05, 0) is 46.7 Å². The minimum absolute atomic E-state index is 0.243. The fourth-order valence-corrected chi connectivity index (χ4v) is 2.97. The predicted octanol–water partition coefficient (Wildman–Crippen LogP) is 3.99. The van der Waals surface area contributed by atoms with Crippen LogP contribution in [0.3, 0.4) is 0 Å². The molecule has 0 spiro atoms. The Morgan fingerprint density at radius 1 is 1.47 bits per heavy atom. The van der Waals surface area contributed by atoms with E-state index in [4.69, 9.17) is 9.47 Å². The van der Waals surface area contributed by atoms with Crippen LogP contribution in [0.5, 0.6) is 11.5 Å². The highest BCUT2D eigenvalue weighted by molar-refractivity contribution is 14.1. The van der Waals surface area contributed by atoms with Gasteiger partial charge in [0.05, 0.1) is 5.41 Å². The summed E-state index contributed by atoms with van der Waals surface area (Å²) in [6.07, 6.45) is 3.81. The van der Waals surface area contributed by atoms with E-state index in [1.807, 2.05) is 18.2 Å². The summed E-state index contributed by atoms with van der Waals surface area (Å²) in [5.74, 6) is 1.44. The molecule has 1 aromatic carbocycles. The van der Waals surface area contributed by atoms with Gasteiger partial charge in [0, 0.05) is 3.58 Å². The fraction of sp³-hybridized carbons (Fsp3) is 0.400. The van der Waals surface area contributed by atoms with E-state index >= 15 is 0 Å². The van der Waals surface area contributed by atoms with Crippen molar-refractivity contribution in [3.05, 3.63) is 33.9 Å². The summed E-state index contributed by atoms with van der Waals surface area (Å²) in [5, 5.41) is 0. The lowest BCUT2D eigenvalue weighted by molar-refractivity contribution is -0.111. The molecule has 0 saturated heterocycles. The number of carbonyl (C=O) groups excluding carboxylic acids is 1. The molecule has 0 N–H and O–H groups in total. The third-order valence-electron chi connectivity index (χ3n) is 3.50. The maximum atomic E-state index is 11.7. The molecule has 1 aliphatic rings. The van der Waals surface area contributed by atoms with E-state index < -0.39 is 5.41 Å². The first-order chi connectivity index (χ1) is 9.14. The first-order valence-electron chi connectivity index (χ1n) is 6.35. The summed E-state index contributed by atoms with van der Waals surface area (Å²) in [6, 6.07) is 5.69. The third-order valence-corrected chi connectivity index (χ3v) is 4.46. The number of halogens is 1. The highest BCUT2D eigenvalue weighted by atomic mass is 127. The van der Waals surface area contributed by atoms with Gasteiger partial charge in [-0.25, -0.2) is 0 Å². The molecule has 1 aliphatic heterocycles. The van der Waals surface area contributed by atoms with Crippen LogP contribution in [0.25, 0.3) is 0 Å². The van der Waals surface area contributed by atoms with Crippen molar-refractivity contribution in [3.8, 4) is 11.5 Å². The number of allylic oxidation sites excluding steroid dienone is 1. The number of rotatable bonds is 6. The number of aldehydes is 1. The van der Waals surface area contributed by atoms with Gasteiger partial charge in [0.25, 0.3) is 0 Å². The zero-order valence-electron chi connectivity index (χ0n) is 10.9. The van der Waals surface area contributed by atoms with E-state index in [1.165, 1.54) is 0 Å². The van der Waals surface area contributed by atoms with Gasteiger partial charge in [-0.1, -0.05) is 32.4 Å². The molecule has 2 rings (SSSR count). The van der Waals surface area contributed by atoms with Gasteiger partial charge in [-0.15, -0.1) is 0 Å². The van der Waals surface area contributed by atoms with Crippen LogP contribution >= 0.6 is 22.6 Å². The lowest BCUT2D eigenvalue weighted by atomic mass is 9.77. The normalized spacial score (nSPS) is 15.9. The molecule has 1 atom stereocenters. The molecule has 4 heteroatoms. The summed E-state index contributed by atoms with van der Waals surface area (Å²) >= 11 is 2.15. The monoisotopic (exact) mass is 372 g/mol. The quantitative estimate of drug-likeness (QED) is 0.560. The van der Waals surface area contributed by atoms with Crippen molar-refractivity contribution in [1.29, 1.82) is 0 Å². The topological polar surface area (TPSA) is 35.5 Å². The van der Waals surface area contributed by atoms with Crippen LogP contribution < -0.4 is 9.47 Å². The van der Waals surface area contributed by atoms with Crippen molar-refractivity contribution in [2.24, 2.45) is 0 Å². The smallest absolute Gasteiger partial charge is 0.231 e. The Morgan fingerprint density at radius 2 is 2.21 bits per heavy atom. The van der Waals surface area contributed by atoms with Crippen LogP contribution in [-0.2, 0) is 10.2 Å². The molecular weight excluding hydrogens is 355 g/mol. The molecular formula is C15H17IO3. The molecule has 0 fully saturated rings. The van der Waals surface area contributed by atoms with E-state index in [0.29, 0.717) is 5.75 Å². The predicted molar refractivity (Wildman–Crippen MR) is 83.0 cm³/mol. The lowest BCUT2D eigenvalue weighted by Gasteiger charge is -2.28. The van der Waals surface area contributed by atoms with Gasteiger partial charge in [0.2, 0.25) is 6.79 Å². The van der Waals surface area contributed by atoms with E-state index in [2.05, 4.69) is 36.1 Å². The van der Waals surface area contributed by atoms with Crippen molar-refractivity contribution in [3.63, 3.8) is 0 Å². The Morgan fingerprint density at radius 3 is 2.84 bits per heavy atom. The number of ether oxygens (including phenoxy) is 2. The Balaban J connectivity index is 2.42. The van der Waals surface area contributed by atoms with Crippen molar-refractivity contribution >= 4 is 28.9 Å². The Labute approximate surface area is 127 Å². The van der Waals surface area contributed by atoms with Crippen LogP contribution in [0.1, 0.15) is 31.7 Å². The second kappa shape index (κ2) is 5.94. The molecule has 0 aromatic heterocycles. The Hall–Kier alpha value is -1.04. The number of hydrogen-bond acceptors (Lipinski definition) is 3. The fourth-order valence-electron chi connectivity index (χ4n) is 2.26. The van der Waals surface area contributed by atoms with Crippen LogP contribution in [-0.4, -0.2) is 13.1 Å². The molecule has 0 saturated carbocycles. The van der Waals surface area contributed by atoms with Crippen molar-refractivity contribution in [2.45, 2.75) is 31.6 Å². The number of unbranched alkanes of at least 4 members (excludes halogenated alkanes) is 1. The standard InChI is InChI=1S/C15H17IO3/c1-3-4-7-15(9-17,11(2)16)12-5-6-13-14(8-12)19-10-18-13/h5-6,8-9H,2-4,7,10H2,1H3. The molecule has 3 nitrogen and oxygen atoms in total. The van der Waals surface area contributed by atoms with Gasteiger partial charge in [0.15, 0.2) is 11.5 Å². The average molecular weight is 372 g/mol. The molecule has 0 aliphatic carbocycles. The minimum atomic E-state index is -0.627. The lowest BCUT2D eigenvalue weighted by Crippen LogP contribution is -2.28. The number of hydrogen-bond donors (Lipinski definition) is 0. The van der Waals surface area contributed by atoms with Crippen molar-refractivity contribution in [2.75, 3.05) is 6.79 Å². The second-order valence-corrected chi connectivity index (χ2v) is 5.97. The number of fused-ring (bicyclic) bond motifs is 1. The Kier molecular flexibility index (Phi) is 4.50. The zero-order chi connectivity index (χ0) is 13.9. The van der Waals surface area contributed by atoms with Gasteiger partial charge in [0.1, 0.15) is 6.29 Å². The molecule has 1 aromatic rings. The van der Waals surface area contributed by atoms with E-state index in [9.17, 15) is 4.79 Å². The maximum Gasteiger partial charge on any atom is 0.231 e. The van der Waals surface area contributed by atoms with Gasteiger partial charge < -0.3 is 14.3 Å². The molecule has 102 valence electrons. The number of carbonyl (C=O) groups is 1. The minimum Gasteiger partial charge on any atom is -0.454 e. The molecule has 1 unspecified atom stereocenters. The van der Waals surface area contributed by atoms with Gasteiger partial charge >= 0.3 is 0 Å². The van der Waals surface area contributed by atoms with Crippen molar-refractivity contribution in [1.82, 2.24) is 0 Å². The van der Waals surface area contributed by atoms with Crippen LogP contribution in [0.15, 0.2) is 28.4 Å². The Bertz CT molecular complexity index is 498. The highest BCUT2D eigenvalue weighted by Crippen LogP contribution is 2.42. The average Bonchev–Trinajstić information content (AvgIpc) is 2.87. The maximum absolute atomic E-state index is 11.7. The largest absolute Gasteiger partial charge is 0.454 e. The summed E-state index contributed by atoms with van der Waals surface area (Å²) in [6.45, 7) is 6.36. The third kappa shape index (κ3) is 2.63. The van der Waals surface area contributed by atoms with Crippen LogP contribution in [0, 0.1) is 0 Å².